The number of carbonyl (C=O) groups excluding carboxylic acids is 1. The molecule has 394 valence electrons. The fourth-order valence-electron chi connectivity index (χ4n) is 7.67. The lowest BCUT2D eigenvalue weighted by atomic mass is 10.1. The number of amides is 1. The van der Waals surface area contributed by atoms with Gasteiger partial charge in [-0.2, -0.15) is 0 Å². The van der Waals surface area contributed by atoms with Crippen LogP contribution >= 0.6 is 0 Å². The van der Waals surface area contributed by atoms with Crippen LogP contribution in [0.2, 0.25) is 0 Å². The summed E-state index contributed by atoms with van der Waals surface area (Å²) in [6.07, 6.45) is 95.4. The highest BCUT2D eigenvalue weighted by atomic mass is 16.3. The maximum Gasteiger partial charge on any atom is 0.220 e. The number of nitrogens with one attached hydrogen (secondary N) is 1. The van der Waals surface area contributed by atoms with Crippen LogP contribution in [0.25, 0.3) is 0 Å². The van der Waals surface area contributed by atoms with Crippen LogP contribution in [0.3, 0.4) is 0 Å². The maximum atomic E-state index is 12.5. The molecule has 0 aromatic rings. The SMILES string of the molecule is CC/C=C\C/C=C\C/C=C\C/C=C\C/C=C\C/C=C\C/C=C\C/C=C\C/C=C\C/C=C\C/C=C\CCCCCCCCCC(=O)NC(CO)C(O)/C=C/CC/C=C/CCCCCCCCCCCCC. The van der Waals surface area contributed by atoms with E-state index in [1.165, 1.54) is 96.3 Å². The monoisotopic (exact) mass is 962 g/mol. The quantitative estimate of drug-likeness (QED) is 0.0420. The van der Waals surface area contributed by atoms with Crippen molar-refractivity contribution in [2.45, 2.75) is 244 Å². The lowest BCUT2D eigenvalue weighted by Gasteiger charge is -2.19. The van der Waals surface area contributed by atoms with Crippen LogP contribution < -0.4 is 5.32 Å². The Morgan fingerprint density at radius 1 is 0.357 bits per heavy atom. The number of hydrogen-bond acceptors (Lipinski definition) is 3. The number of hydrogen-bond donors (Lipinski definition) is 3. The van der Waals surface area contributed by atoms with E-state index in [0.717, 1.165) is 116 Å². The van der Waals surface area contributed by atoms with Gasteiger partial charge in [-0.3, -0.25) is 4.79 Å². The van der Waals surface area contributed by atoms with E-state index < -0.39 is 12.1 Å². The van der Waals surface area contributed by atoms with Crippen molar-refractivity contribution in [1.82, 2.24) is 5.32 Å². The van der Waals surface area contributed by atoms with Crippen LogP contribution in [0.4, 0.5) is 0 Å². The lowest BCUT2D eigenvalue weighted by Crippen LogP contribution is -2.45. The molecular weight excluding hydrogens is 855 g/mol. The summed E-state index contributed by atoms with van der Waals surface area (Å²) >= 11 is 0. The third-order valence-electron chi connectivity index (χ3n) is 12.0. The molecule has 0 saturated carbocycles. The van der Waals surface area contributed by atoms with Gasteiger partial charge in [-0.1, -0.05) is 268 Å². The van der Waals surface area contributed by atoms with Crippen LogP contribution in [-0.2, 0) is 4.79 Å². The second-order valence-electron chi connectivity index (χ2n) is 18.6. The Balaban J connectivity index is 3.69. The molecule has 0 rings (SSSR count). The molecular formula is C66H107NO3. The minimum Gasteiger partial charge on any atom is -0.394 e. The van der Waals surface area contributed by atoms with E-state index in [9.17, 15) is 15.0 Å². The Kier molecular flexibility index (Phi) is 55.9. The Morgan fingerprint density at radius 2 is 0.643 bits per heavy atom. The number of unbranched alkanes of at least 4 members (excludes halogenated alkanes) is 19. The van der Waals surface area contributed by atoms with Gasteiger partial charge in [-0.15, -0.1) is 0 Å². The van der Waals surface area contributed by atoms with Crippen molar-refractivity contribution >= 4 is 5.91 Å². The van der Waals surface area contributed by atoms with Gasteiger partial charge < -0.3 is 15.5 Å². The minimum atomic E-state index is -0.878. The molecule has 0 aromatic heterocycles. The molecule has 0 bridgehead atoms. The molecule has 3 N–H and O–H groups in total. The standard InChI is InChI=1S/C66H107NO3/c1-3-5-7-9-11-13-15-17-19-21-22-23-24-25-26-27-28-29-30-31-32-33-34-35-36-37-38-39-40-41-42-43-44-46-48-50-52-54-56-58-60-62-66(70)67-64(63-68)65(69)61-59-57-55-53-51-49-47-45-20-18-16-14-12-10-8-6-4-2/h5,7,11,13,17,19,22-23,25-26,28-29,31-32,34-35,37-38,40-41,43-44,51,53,59,61,64-65,68-69H,3-4,6,8-10,12,14-16,18,20-21,24,27,30,33,36,39,42,45-50,52,54-58,60,62-63H2,1-2H3,(H,67,70)/b7-5-,13-11-,19-17-,23-22-,26-25-,29-28-,32-31-,35-34-,38-37-,41-40-,44-43-,53-51+,61-59+. The zero-order valence-corrected chi connectivity index (χ0v) is 45.2. The first kappa shape index (κ1) is 66.0. The predicted molar refractivity (Wildman–Crippen MR) is 312 cm³/mol. The zero-order valence-electron chi connectivity index (χ0n) is 45.2. The van der Waals surface area contributed by atoms with E-state index in [2.05, 4.69) is 165 Å². The second-order valence-corrected chi connectivity index (χ2v) is 18.6. The highest BCUT2D eigenvalue weighted by molar-refractivity contribution is 5.76. The van der Waals surface area contributed by atoms with Gasteiger partial charge in [0.05, 0.1) is 18.8 Å². The summed E-state index contributed by atoms with van der Waals surface area (Å²) in [5, 5.41) is 23.1. The van der Waals surface area contributed by atoms with Crippen molar-refractivity contribution in [1.29, 1.82) is 0 Å². The van der Waals surface area contributed by atoms with E-state index in [-0.39, 0.29) is 12.5 Å². The molecule has 0 radical (unpaired) electrons. The Labute approximate surface area is 433 Å². The topological polar surface area (TPSA) is 69.6 Å². The van der Waals surface area contributed by atoms with E-state index in [0.29, 0.717) is 6.42 Å². The first-order valence-corrected chi connectivity index (χ1v) is 28.7. The van der Waals surface area contributed by atoms with Crippen LogP contribution in [0.5, 0.6) is 0 Å². The van der Waals surface area contributed by atoms with Gasteiger partial charge >= 0.3 is 0 Å². The van der Waals surface area contributed by atoms with Crippen molar-refractivity contribution in [2.75, 3.05) is 6.61 Å². The van der Waals surface area contributed by atoms with Gasteiger partial charge in [-0.05, 0) is 116 Å². The molecule has 2 unspecified atom stereocenters. The molecule has 2 atom stereocenters. The van der Waals surface area contributed by atoms with Gasteiger partial charge in [0.15, 0.2) is 0 Å². The van der Waals surface area contributed by atoms with Crippen molar-refractivity contribution in [2.24, 2.45) is 0 Å². The average molecular weight is 963 g/mol. The highest BCUT2D eigenvalue weighted by Gasteiger charge is 2.17. The Morgan fingerprint density at radius 3 is 1.00 bits per heavy atom. The number of rotatable bonds is 50. The molecule has 0 aliphatic heterocycles. The van der Waals surface area contributed by atoms with E-state index in [1.54, 1.807) is 6.08 Å². The molecule has 1 amide bonds. The molecule has 0 spiro atoms. The van der Waals surface area contributed by atoms with Crippen molar-refractivity contribution < 1.29 is 15.0 Å². The smallest absolute Gasteiger partial charge is 0.220 e. The average Bonchev–Trinajstić information content (AvgIpc) is 3.36. The molecule has 70 heavy (non-hydrogen) atoms. The molecule has 4 nitrogen and oxygen atoms in total. The number of carbonyl (C=O) groups is 1. The molecule has 0 aromatic carbocycles. The van der Waals surface area contributed by atoms with Crippen LogP contribution in [0.15, 0.2) is 158 Å². The summed E-state index contributed by atoms with van der Waals surface area (Å²) in [4.78, 5) is 12.5. The summed E-state index contributed by atoms with van der Waals surface area (Å²) in [5.41, 5.74) is 0. The van der Waals surface area contributed by atoms with Gasteiger partial charge in [0.2, 0.25) is 5.91 Å². The first-order valence-electron chi connectivity index (χ1n) is 28.7. The van der Waals surface area contributed by atoms with Gasteiger partial charge in [0.25, 0.3) is 0 Å². The molecule has 0 saturated heterocycles. The van der Waals surface area contributed by atoms with E-state index in [1.807, 2.05) is 6.08 Å². The maximum absolute atomic E-state index is 12.5. The van der Waals surface area contributed by atoms with Crippen LogP contribution in [0, 0.1) is 0 Å². The molecule has 0 heterocycles. The summed E-state index contributed by atoms with van der Waals surface area (Å²) in [6, 6.07) is -0.657. The number of aliphatic hydroxyl groups excluding tert-OH is 2. The zero-order chi connectivity index (χ0) is 50.6. The lowest BCUT2D eigenvalue weighted by molar-refractivity contribution is -0.123. The van der Waals surface area contributed by atoms with Crippen molar-refractivity contribution in [3.63, 3.8) is 0 Å². The fourth-order valence-corrected chi connectivity index (χ4v) is 7.67. The van der Waals surface area contributed by atoms with Gasteiger partial charge in [0, 0.05) is 6.42 Å². The second kappa shape index (κ2) is 59.3. The van der Waals surface area contributed by atoms with Gasteiger partial charge in [-0.25, -0.2) is 0 Å². The van der Waals surface area contributed by atoms with Crippen LogP contribution in [0.1, 0.15) is 232 Å². The first-order chi connectivity index (χ1) is 34.7. The normalized spacial score (nSPS) is 14.1. The number of allylic oxidation sites excluding steroid dienone is 25. The Bertz CT molecular complexity index is 1510. The molecule has 4 heteroatoms. The summed E-state index contributed by atoms with van der Waals surface area (Å²) in [6.45, 7) is 4.17. The summed E-state index contributed by atoms with van der Waals surface area (Å²) in [7, 11) is 0. The minimum absolute atomic E-state index is 0.0915. The van der Waals surface area contributed by atoms with E-state index >= 15 is 0 Å². The molecule has 0 aliphatic rings. The third-order valence-corrected chi connectivity index (χ3v) is 12.0. The van der Waals surface area contributed by atoms with Gasteiger partial charge in [0.1, 0.15) is 0 Å². The number of aliphatic hydroxyl groups is 2. The predicted octanol–water partition coefficient (Wildman–Crippen LogP) is 19.4. The molecule has 0 fully saturated rings. The van der Waals surface area contributed by atoms with E-state index in [4.69, 9.17) is 0 Å². The van der Waals surface area contributed by atoms with Crippen molar-refractivity contribution in [3.8, 4) is 0 Å². The Hall–Kier alpha value is -3.99. The molecule has 0 aliphatic carbocycles. The third kappa shape index (κ3) is 54.9. The highest BCUT2D eigenvalue weighted by Crippen LogP contribution is 2.13. The van der Waals surface area contributed by atoms with Crippen LogP contribution in [-0.4, -0.2) is 34.9 Å². The van der Waals surface area contributed by atoms with Crippen molar-refractivity contribution in [3.05, 3.63) is 158 Å². The summed E-state index contributed by atoms with van der Waals surface area (Å²) < 4.78 is 0. The largest absolute Gasteiger partial charge is 0.394 e. The summed E-state index contributed by atoms with van der Waals surface area (Å²) in [5.74, 6) is -0.0915. The fraction of sp³-hybridized carbons (Fsp3) is 0.591.